The number of carbonyl (C=O) groups excluding carboxylic acids is 2. The molecule has 14 heavy (non-hydrogen) atoms. The first kappa shape index (κ1) is 11.4. The largest absolute Gasteiger partial charge is 0.291 e. The van der Waals surface area contributed by atoms with E-state index < -0.39 is 0 Å². The number of ketones is 2. The number of Topliss-reactive ketones (excluding diaryl/α,β-unsaturated/α-hetero) is 2. The first-order valence-corrected chi connectivity index (χ1v) is 5.74. The number of hydrogen-bond donors (Lipinski definition) is 0. The molecule has 0 radical (unpaired) electrons. The van der Waals surface area contributed by atoms with Gasteiger partial charge >= 0.3 is 0 Å². The summed E-state index contributed by atoms with van der Waals surface area (Å²) in [5.41, 5.74) is 0. The molecule has 1 atom stereocenters. The van der Waals surface area contributed by atoms with E-state index in [1.54, 1.807) is 0 Å². The van der Waals surface area contributed by atoms with Crippen molar-refractivity contribution < 1.29 is 9.59 Å². The van der Waals surface area contributed by atoms with Crippen molar-refractivity contribution in [1.29, 1.82) is 0 Å². The van der Waals surface area contributed by atoms with Crippen LogP contribution in [-0.4, -0.2) is 11.6 Å². The molecule has 80 valence electrons. The lowest BCUT2D eigenvalue weighted by Gasteiger charge is -2.20. The van der Waals surface area contributed by atoms with Gasteiger partial charge in [-0.2, -0.15) is 0 Å². The highest BCUT2D eigenvalue weighted by Crippen LogP contribution is 2.25. The molecule has 0 aromatic heterocycles. The molecule has 0 aliphatic heterocycles. The lowest BCUT2D eigenvalue weighted by atomic mass is 9.82. The molecule has 0 amide bonds. The summed E-state index contributed by atoms with van der Waals surface area (Å²) >= 11 is 0. The topological polar surface area (TPSA) is 34.1 Å². The molecule has 2 nitrogen and oxygen atoms in total. The van der Waals surface area contributed by atoms with E-state index in [0.717, 1.165) is 32.1 Å². The minimum absolute atomic E-state index is 0.0465. The van der Waals surface area contributed by atoms with Gasteiger partial charge in [0.15, 0.2) is 0 Å². The zero-order valence-electron chi connectivity index (χ0n) is 9.21. The molecule has 0 heterocycles. The Hall–Kier alpha value is -0.660. The van der Waals surface area contributed by atoms with Gasteiger partial charge in [0.25, 0.3) is 0 Å². The van der Waals surface area contributed by atoms with Crippen LogP contribution in [-0.2, 0) is 9.59 Å². The number of rotatable bonds is 4. The van der Waals surface area contributed by atoms with Crippen LogP contribution in [0.3, 0.4) is 0 Å². The van der Waals surface area contributed by atoms with Crippen molar-refractivity contribution in [3.05, 3.63) is 0 Å². The highest BCUT2D eigenvalue weighted by atomic mass is 16.2. The van der Waals surface area contributed by atoms with Crippen molar-refractivity contribution in [3.8, 4) is 0 Å². The van der Waals surface area contributed by atoms with Gasteiger partial charge in [-0.3, -0.25) is 9.59 Å². The van der Waals surface area contributed by atoms with Gasteiger partial charge in [0.1, 0.15) is 0 Å². The zero-order chi connectivity index (χ0) is 10.6. The maximum atomic E-state index is 11.7. The fourth-order valence-electron chi connectivity index (χ4n) is 1.99. The highest BCUT2D eigenvalue weighted by molar-refractivity contribution is 6.38. The van der Waals surface area contributed by atoms with Crippen LogP contribution in [0.15, 0.2) is 0 Å². The van der Waals surface area contributed by atoms with Crippen LogP contribution < -0.4 is 0 Å². The Morgan fingerprint density at radius 1 is 1.21 bits per heavy atom. The fourth-order valence-corrected chi connectivity index (χ4v) is 1.99. The molecule has 0 N–H and O–H groups in total. The van der Waals surface area contributed by atoms with E-state index in [1.165, 1.54) is 6.42 Å². The molecule has 1 unspecified atom stereocenters. The second-order valence-corrected chi connectivity index (χ2v) is 4.37. The molecule has 1 aliphatic carbocycles. The summed E-state index contributed by atoms with van der Waals surface area (Å²) in [5, 5.41) is 0. The standard InChI is InChI=1S/C12H20O2/c1-3-9(2)11(13)12(14)10-7-5-4-6-8-10/h9-10H,3-8H2,1-2H3. The highest BCUT2D eigenvalue weighted by Gasteiger charge is 2.28. The van der Waals surface area contributed by atoms with E-state index in [2.05, 4.69) is 0 Å². The molecule has 1 rings (SSSR count). The normalized spacial score (nSPS) is 20.4. The van der Waals surface area contributed by atoms with Crippen molar-refractivity contribution >= 4 is 11.6 Å². The summed E-state index contributed by atoms with van der Waals surface area (Å²) in [7, 11) is 0. The summed E-state index contributed by atoms with van der Waals surface area (Å²) in [6, 6.07) is 0. The van der Waals surface area contributed by atoms with E-state index in [1.807, 2.05) is 13.8 Å². The molecule has 2 heteroatoms. The third-order valence-corrected chi connectivity index (χ3v) is 3.28. The summed E-state index contributed by atoms with van der Waals surface area (Å²) in [6.07, 6.45) is 6.09. The SMILES string of the molecule is CCC(C)C(=O)C(=O)C1CCCCC1. The smallest absolute Gasteiger partial charge is 0.201 e. The second kappa shape index (κ2) is 5.28. The zero-order valence-corrected chi connectivity index (χ0v) is 9.21. The Morgan fingerprint density at radius 3 is 2.29 bits per heavy atom. The van der Waals surface area contributed by atoms with Crippen LogP contribution in [0, 0.1) is 11.8 Å². The molecular weight excluding hydrogens is 176 g/mol. The van der Waals surface area contributed by atoms with Crippen molar-refractivity contribution in [2.24, 2.45) is 11.8 Å². The average Bonchev–Trinajstić information content (AvgIpc) is 2.27. The monoisotopic (exact) mass is 196 g/mol. The molecule has 1 fully saturated rings. The van der Waals surface area contributed by atoms with Crippen LogP contribution in [0.25, 0.3) is 0 Å². The second-order valence-electron chi connectivity index (χ2n) is 4.37. The van der Waals surface area contributed by atoms with Gasteiger partial charge in [-0.1, -0.05) is 33.1 Å². The van der Waals surface area contributed by atoms with E-state index in [9.17, 15) is 9.59 Å². The number of carbonyl (C=O) groups is 2. The number of hydrogen-bond acceptors (Lipinski definition) is 2. The van der Waals surface area contributed by atoms with E-state index in [-0.39, 0.29) is 23.4 Å². The van der Waals surface area contributed by atoms with Gasteiger partial charge in [-0.05, 0) is 19.3 Å². The Kier molecular flexibility index (Phi) is 4.30. The van der Waals surface area contributed by atoms with Gasteiger partial charge in [-0.25, -0.2) is 0 Å². The summed E-state index contributed by atoms with van der Waals surface area (Å²) in [6.45, 7) is 3.81. The van der Waals surface area contributed by atoms with E-state index >= 15 is 0 Å². The Bertz CT molecular complexity index is 214. The Balaban J connectivity index is 2.50. The summed E-state index contributed by atoms with van der Waals surface area (Å²) < 4.78 is 0. The van der Waals surface area contributed by atoms with Gasteiger partial charge in [0.2, 0.25) is 11.6 Å². The van der Waals surface area contributed by atoms with Crippen molar-refractivity contribution in [2.75, 3.05) is 0 Å². The van der Waals surface area contributed by atoms with Crippen LogP contribution in [0.2, 0.25) is 0 Å². The van der Waals surface area contributed by atoms with Crippen LogP contribution in [0.4, 0.5) is 0 Å². The van der Waals surface area contributed by atoms with Gasteiger partial charge in [-0.15, -0.1) is 0 Å². The first-order chi connectivity index (χ1) is 6.66. The summed E-state index contributed by atoms with van der Waals surface area (Å²) in [4.78, 5) is 23.4. The molecule has 1 saturated carbocycles. The molecule has 0 aromatic rings. The van der Waals surface area contributed by atoms with Gasteiger partial charge in [0.05, 0.1) is 0 Å². The third kappa shape index (κ3) is 2.66. The molecular formula is C12H20O2. The minimum Gasteiger partial charge on any atom is -0.291 e. The predicted molar refractivity (Wildman–Crippen MR) is 56.0 cm³/mol. The van der Waals surface area contributed by atoms with Crippen LogP contribution >= 0.6 is 0 Å². The maximum Gasteiger partial charge on any atom is 0.201 e. The molecule has 0 saturated heterocycles. The molecule has 0 spiro atoms. The van der Waals surface area contributed by atoms with Gasteiger partial charge in [0, 0.05) is 11.8 Å². The van der Waals surface area contributed by atoms with Gasteiger partial charge < -0.3 is 0 Å². The lowest BCUT2D eigenvalue weighted by Crippen LogP contribution is -2.29. The minimum atomic E-state index is -0.139. The van der Waals surface area contributed by atoms with Crippen LogP contribution in [0.5, 0.6) is 0 Å². The van der Waals surface area contributed by atoms with Crippen LogP contribution in [0.1, 0.15) is 52.4 Å². The molecule has 0 bridgehead atoms. The fraction of sp³-hybridized carbons (Fsp3) is 0.833. The van der Waals surface area contributed by atoms with Crippen molar-refractivity contribution in [1.82, 2.24) is 0 Å². The average molecular weight is 196 g/mol. The predicted octanol–water partition coefficient (Wildman–Crippen LogP) is 2.75. The van der Waals surface area contributed by atoms with Crippen molar-refractivity contribution in [3.63, 3.8) is 0 Å². The lowest BCUT2D eigenvalue weighted by molar-refractivity contribution is -0.141. The Labute approximate surface area is 86.1 Å². The van der Waals surface area contributed by atoms with E-state index in [0.29, 0.717) is 0 Å². The first-order valence-electron chi connectivity index (χ1n) is 5.74. The molecule has 0 aromatic carbocycles. The van der Waals surface area contributed by atoms with Crippen molar-refractivity contribution in [2.45, 2.75) is 52.4 Å². The maximum absolute atomic E-state index is 11.7. The quantitative estimate of drug-likeness (QED) is 0.648. The third-order valence-electron chi connectivity index (χ3n) is 3.28. The Morgan fingerprint density at radius 2 is 1.79 bits per heavy atom. The van der Waals surface area contributed by atoms with E-state index in [4.69, 9.17) is 0 Å². The molecule has 1 aliphatic rings. The summed E-state index contributed by atoms with van der Waals surface area (Å²) in [5.74, 6) is -0.270.